The maximum absolute atomic E-state index is 12.0. The van der Waals surface area contributed by atoms with Crippen molar-refractivity contribution >= 4 is 10.2 Å². The number of hydrogen-bond acceptors (Lipinski definition) is 3. The molecule has 0 aromatic rings. The van der Waals surface area contributed by atoms with Gasteiger partial charge in [-0.15, -0.1) is 3.89 Å². The molecule has 0 aromatic carbocycles. The summed E-state index contributed by atoms with van der Waals surface area (Å²) in [7, 11) is -4.42. The summed E-state index contributed by atoms with van der Waals surface area (Å²) in [6.07, 6.45) is 0.441. The van der Waals surface area contributed by atoms with E-state index < -0.39 is 21.5 Å². The second-order valence-electron chi connectivity index (χ2n) is 2.69. The molecule has 0 amide bonds. The molecule has 10 heavy (non-hydrogen) atoms. The van der Waals surface area contributed by atoms with Crippen molar-refractivity contribution in [2.45, 2.75) is 25.8 Å². The largest absolute Gasteiger partial charge is 0.324 e. The van der Waals surface area contributed by atoms with Gasteiger partial charge in [0.05, 0.1) is 5.75 Å². The zero-order valence-electron chi connectivity index (χ0n) is 6.09. The van der Waals surface area contributed by atoms with Gasteiger partial charge < -0.3 is 5.73 Å². The Morgan fingerprint density at radius 2 is 2.00 bits per heavy atom. The van der Waals surface area contributed by atoms with Crippen LogP contribution in [0.5, 0.6) is 0 Å². The first-order chi connectivity index (χ1) is 4.27. The maximum atomic E-state index is 12.0. The Bertz CT molecular complexity index is 198. The van der Waals surface area contributed by atoms with Gasteiger partial charge >= 0.3 is 10.2 Å². The Morgan fingerprint density at radius 3 is 2.10 bits per heavy atom. The van der Waals surface area contributed by atoms with Crippen LogP contribution >= 0.6 is 0 Å². The molecular weight excluding hydrogens is 157 g/mol. The predicted molar refractivity (Wildman–Crippen MR) is 37.8 cm³/mol. The van der Waals surface area contributed by atoms with Crippen LogP contribution in [0.4, 0.5) is 3.89 Å². The van der Waals surface area contributed by atoms with E-state index in [-0.39, 0.29) is 0 Å². The Labute approximate surface area is 60.6 Å². The minimum Gasteiger partial charge on any atom is -0.324 e. The summed E-state index contributed by atoms with van der Waals surface area (Å²) < 4.78 is 32.1. The van der Waals surface area contributed by atoms with Gasteiger partial charge in [0.15, 0.2) is 0 Å². The first kappa shape index (κ1) is 9.84. The molecule has 0 rings (SSSR count). The lowest BCUT2D eigenvalue weighted by atomic mass is 10.0. The van der Waals surface area contributed by atoms with Crippen molar-refractivity contribution in [1.29, 1.82) is 0 Å². The smallest absolute Gasteiger partial charge is 0.304 e. The Hall–Kier alpha value is -0.160. The fraction of sp³-hybridized carbons (Fsp3) is 1.00. The highest BCUT2D eigenvalue weighted by Crippen LogP contribution is 2.09. The van der Waals surface area contributed by atoms with Crippen molar-refractivity contribution < 1.29 is 12.3 Å². The Morgan fingerprint density at radius 1 is 1.60 bits per heavy atom. The molecule has 0 radical (unpaired) electrons. The molecule has 0 aliphatic rings. The van der Waals surface area contributed by atoms with Crippen LogP contribution in [-0.4, -0.2) is 19.7 Å². The SMILES string of the molecule is CCC(C)(N)CS(=O)(=O)F. The molecule has 2 N–H and O–H groups in total. The van der Waals surface area contributed by atoms with Crippen LogP contribution < -0.4 is 5.73 Å². The van der Waals surface area contributed by atoms with Crippen LogP contribution in [0.3, 0.4) is 0 Å². The summed E-state index contributed by atoms with van der Waals surface area (Å²) in [5.41, 5.74) is 4.45. The average Bonchev–Trinajstić information content (AvgIpc) is 1.60. The number of hydrogen-bond donors (Lipinski definition) is 1. The summed E-state index contributed by atoms with van der Waals surface area (Å²) >= 11 is 0. The van der Waals surface area contributed by atoms with Crippen LogP contribution in [0.25, 0.3) is 0 Å². The molecule has 0 aliphatic heterocycles. The van der Waals surface area contributed by atoms with Crippen molar-refractivity contribution in [2.75, 3.05) is 5.75 Å². The van der Waals surface area contributed by atoms with E-state index in [9.17, 15) is 12.3 Å². The third-order valence-corrected chi connectivity index (χ3v) is 2.31. The third kappa shape index (κ3) is 4.69. The van der Waals surface area contributed by atoms with E-state index in [1.54, 1.807) is 6.92 Å². The summed E-state index contributed by atoms with van der Waals surface area (Å²) in [5, 5.41) is 0. The fourth-order valence-corrected chi connectivity index (χ4v) is 1.49. The van der Waals surface area contributed by atoms with Gasteiger partial charge in [0.1, 0.15) is 0 Å². The highest BCUT2D eigenvalue weighted by atomic mass is 32.3. The lowest BCUT2D eigenvalue weighted by Gasteiger charge is -2.19. The average molecular weight is 169 g/mol. The second-order valence-corrected chi connectivity index (χ2v) is 4.06. The van der Waals surface area contributed by atoms with Gasteiger partial charge in [-0.1, -0.05) is 6.92 Å². The lowest BCUT2D eigenvalue weighted by molar-refractivity contribution is 0.474. The minimum atomic E-state index is -4.42. The molecule has 0 saturated carbocycles. The topological polar surface area (TPSA) is 60.2 Å². The molecule has 0 spiro atoms. The molecule has 0 fully saturated rings. The molecule has 1 unspecified atom stereocenters. The van der Waals surface area contributed by atoms with Crippen LogP contribution in [0.2, 0.25) is 0 Å². The highest BCUT2D eigenvalue weighted by Gasteiger charge is 2.24. The van der Waals surface area contributed by atoms with Gasteiger partial charge in [0.2, 0.25) is 0 Å². The monoisotopic (exact) mass is 169 g/mol. The Balaban J connectivity index is 4.16. The van der Waals surface area contributed by atoms with Crippen molar-refractivity contribution in [3.8, 4) is 0 Å². The van der Waals surface area contributed by atoms with E-state index in [0.29, 0.717) is 6.42 Å². The zero-order valence-corrected chi connectivity index (χ0v) is 6.91. The summed E-state index contributed by atoms with van der Waals surface area (Å²) in [4.78, 5) is 0. The lowest BCUT2D eigenvalue weighted by Crippen LogP contribution is -2.41. The third-order valence-electron chi connectivity index (χ3n) is 1.31. The number of rotatable bonds is 3. The van der Waals surface area contributed by atoms with E-state index in [2.05, 4.69) is 0 Å². The second kappa shape index (κ2) is 2.84. The first-order valence-corrected chi connectivity index (χ1v) is 4.53. The molecule has 0 bridgehead atoms. The molecule has 3 nitrogen and oxygen atoms in total. The normalized spacial score (nSPS) is 18.4. The quantitative estimate of drug-likeness (QED) is 0.622. The highest BCUT2D eigenvalue weighted by molar-refractivity contribution is 7.86. The van der Waals surface area contributed by atoms with Gasteiger partial charge in [-0.3, -0.25) is 0 Å². The summed E-state index contributed by atoms with van der Waals surface area (Å²) in [6, 6.07) is 0. The van der Waals surface area contributed by atoms with E-state index >= 15 is 0 Å². The molecule has 0 heterocycles. The molecule has 62 valence electrons. The molecular formula is C5H12FNO2S. The number of nitrogens with two attached hydrogens (primary N) is 1. The molecule has 0 aromatic heterocycles. The molecule has 1 atom stereocenters. The summed E-state index contributed by atoms with van der Waals surface area (Å²) in [6.45, 7) is 3.22. The minimum absolute atomic E-state index is 0.441. The maximum Gasteiger partial charge on any atom is 0.304 e. The van der Waals surface area contributed by atoms with Crippen LogP contribution in [0, 0.1) is 0 Å². The molecule has 0 saturated heterocycles. The van der Waals surface area contributed by atoms with E-state index in [4.69, 9.17) is 5.73 Å². The van der Waals surface area contributed by atoms with Gasteiger partial charge in [-0.25, -0.2) is 0 Å². The van der Waals surface area contributed by atoms with Crippen molar-refractivity contribution in [1.82, 2.24) is 0 Å². The molecule has 5 heteroatoms. The standard InChI is InChI=1S/C5H12FNO2S/c1-3-5(2,7)4-10(6,8)9/h3-4,7H2,1-2H3. The molecule has 0 aliphatic carbocycles. The van der Waals surface area contributed by atoms with Gasteiger partial charge in [0.25, 0.3) is 0 Å². The fourth-order valence-electron chi connectivity index (χ4n) is 0.496. The van der Waals surface area contributed by atoms with Crippen LogP contribution in [-0.2, 0) is 10.2 Å². The van der Waals surface area contributed by atoms with Crippen molar-refractivity contribution in [3.63, 3.8) is 0 Å². The zero-order chi connectivity index (χ0) is 8.41. The van der Waals surface area contributed by atoms with E-state index in [1.807, 2.05) is 0 Å². The van der Waals surface area contributed by atoms with Crippen molar-refractivity contribution in [2.24, 2.45) is 5.73 Å². The first-order valence-electron chi connectivity index (χ1n) is 2.98. The van der Waals surface area contributed by atoms with Gasteiger partial charge in [-0.05, 0) is 13.3 Å². The predicted octanol–water partition coefficient (Wildman–Crippen LogP) is 0.413. The van der Waals surface area contributed by atoms with Gasteiger partial charge in [-0.2, -0.15) is 8.42 Å². The van der Waals surface area contributed by atoms with Gasteiger partial charge in [0, 0.05) is 5.54 Å². The van der Waals surface area contributed by atoms with E-state index in [0.717, 1.165) is 0 Å². The van der Waals surface area contributed by atoms with Crippen LogP contribution in [0.1, 0.15) is 20.3 Å². The summed E-state index contributed by atoms with van der Waals surface area (Å²) in [5.74, 6) is -0.601. The van der Waals surface area contributed by atoms with Crippen molar-refractivity contribution in [3.05, 3.63) is 0 Å². The number of halogens is 1. The Kier molecular flexibility index (Phi) is 2.79. The van der Waals surface area contributed by atoms with E-state index in [1.165, 1.54) is 6.92 Å². The van der Waals surface area contributed by atoms with Crippen LogP contribution in [0.15, 0.2) is 0 Å².